The Morgan fingerprint density at radius 2 is 0.803 bits per heavy atom. The minimum absolute atomic E-state index is 0.152. The molecule has 0 bridgehead atoms. The van der Waals surface area contributed by atoms with E-state index >= 15 is 0 Å². The first kappa shape index (κ1) is 63.2. The lowest BCUT2D eigenvalue weighted by molar-refractivity contribution is -0.161. The average Bonchev–Trinajstić information content (AvgIpc) is 3.30. The quantitative estimate of drug-likeness (QED) is 0.0197. The third kappa shape index (κ3) is 46.3. The lowest BCUT2D eigenvalue weighted by Gasteiger charge is -2.21. The Morgan fingerprint density at radius 3 is 1.27 bits per heavy atom. The van der Waals surface area contributed by atoms with Crippen molar-refractivity contribution in [3.05, 3.63) is 60.8 Å². The molecule has 12 heteroatoms. The average molecular weight is 951 g/mol. The zero-order valence-corrected chi connectivity index (χ0v) is 42.8. The minimum atomic E-state index is -4.75. The second kappa shape index (κ2) is 48.6. The Morgan fingerprint density at radius 1 is 0.439 bits per heavy atom. The summed E-state index contributed by atoms with van der Waals surface area (Å²) in [5, 5.41) is 9.76. The molecule has 0 aromatic heterocycles. The van der Waals surface area contributed by atoms with Crippen LogP contribution in [0.2, 0.25) is 0 Å². The molecule has 382 valence electrons. The van der Waals surface area contributed by atoms with E-state index in [0.29, 0.717) is 19.3 Å². The molecule has 0 aliphatic rings. The highest BCUT2D eigenvalue weighted by atomic mass is 31.2. The maximum absolute atomic E-state index is 12.8. The van der Waals surface area contributed by atoms with Crippen LogP contribution in [0.25, 0.3) is 0 Å². The molecule has 66 heavy (non-hydrogen) atoms. The van der Waals surface area contributed by atoms with Crippen molar-refractivity contribution in [2.75, 3.05) is 26.4 Å². The Kier molecular flexibility index (Phi) is 46.6. The summed E-state index contributed by atoms with van der Waals surface area (Å²) in [5.74, 6) is -1.50. The van der Waals surface area contributed by atoms with Crippen LogP contribution in [0.5, 0.6) is 0 Å². The number of unbranched alkanes of at least 4 members (excludes halogenated alkanes) is 21. The van der Waals surface area contributed by atoms with Crippen molar-refractivity contribution in [2.24, 2.45) is 0 Å². The Labute approximate surface area is 402 Å². The molecule has 0 saturated heterocycles. The van der Waals surface area contributed by atoms with Crippen molar-refractivity contribution >= 4 is 25.7 Å². The van der Waals surface area contributed by atoms with Gasteiger partial charge >= 0.3 is 25.7 Å². The summed E-state index contributed by atoms with van der Waals surface area (Å²) < 4.78 is 39.3. The van der Waals surface area contributed by atoms with E-state index in [-0.39, 0.29) is 25.9 Å². The lowest BCUT2D eigenvalue weighted by Crippen LogP contribution is -2.30. The first-order valence-electron chi connectivity index (χ1n) is 26.2. The van der Waals surface area contributed by atoms with E-state index in [2.05, 4.69) is 81.5 Å². The maximum atomic E-state index is 12.8. The highest BCUT2D eigenvalue weighted by molar-refractivity contribution is 7.47. The van der Waals surface area contributed by atoms with Crippen LogP contribution >= 0.6 is 7.82 Å². The van der Waals surface area contributed by atoms with Crippen LogP contribution in [-0.2, 0) is 42.2 Å². The van der Waals surface area contributed by atoms with Gasteiger partial charge in [-0.05, 0) is 96.3 Å². The third-order valence-corrected chi connectivity index (χ3v) is 11.8. The second-order valence-corrected chi connectivity index (χ2v) is 18.8. The van der Waals surface area contributed by atoms with E-state index in [9.17, 15) is 28.9 Å². The number of carbonyl (C=O) groups is 3. The molecular formula is C54H95O11P. The number of allylic oxidation sites excluding steroid dienone is 10. The summed E-state index contributed by atoms with van der Waals surface area (Å²) in [6.45, 7) is 4.43. The number of aliphatic hydroxyl groups excluding tert-OH is 1. The third-order valence-electron chi connectivity index (χ3n) is 10.9. The first-order valence-corrected chi connectivity index (χ1v) is 27.7. The second-order valence-electron chi connectivity index (χ2n) is 17.3. The number of phosphoric ester groups is 1. The molecule has 3 atom stereocenters. The number of ether oxygens (including phenoxy) is 3. The molecule has 0 aliphatic carbocycles. The fourth-order valence-electron chi connectivity index (χ4n) is 6.87. The summed E-state index contributed by atoms with van der Waals surface area (Å²) in [7, 11) is -4.75. The molecule has 3 unspecified atom stereocenters. The van der Waals surface area contributed by atoms with Crippen LogP contribution in [-0.4, -0.2) is 66.5 Å². The number of phosphoric acid groups is 1. The topological polar surface area (TPSA) is 155 Å². The van der Waals surface area contributed by atoms with Crippen LogP contribution in [0.15, 0.2) is 60.8 Å². The Balaban J connectivity index is 4.78. The summed E-state index contributed by atoms with van der Waals surface area (Å²) in [6, 6.07) is 0. The van der Waals surface area contributed by atoms with E-state index in [4.69, 9.17) is 23.3 Å². The van der Waals surface area contributed by atoms with Gasteiger partial charge in [0.05, 0.1) is 19.8 Å². The van der Waals surface area contributed by atoms with Gasteiger partial charge in [0.25, 0.3) is 0 Å². The Bertz CT molecular complexity index is 1340. The smallest absolute Gasteiger partial charge is 0.462 e. The van der Waals surface area contributed by atoms with Gasteiger partial charge in [-0.3, -0.25) is 23.4 Å². The van der Waals surface area contributed by atoms with Crippen LogP contribution in [0.3, 0.4) is 0 Å². The molecule has 0 aromatic carbocycles. The van der Waals surface area contributed by atoms with Crippen molar-refractivity contribution in [3.63, 3.8) is 0 Å². The summed E-state index contributed by atoms with van der Waals surface area (Å²) in [6.07, 6.45) is 50.5. The van der Waals surface area contributed by atoms with Gasteiger partial charge in [-0.25, -0.2) is 4.57 Å². The molecule has 11 nitrogen and oxygen atoms in total. The van der Waals surface area contributed by atoms with Gasteiger partial charge in [0, 0.05) is 19.3 Å². The van der Waals surface area contributed by atoms with E-state index in [1.165, 1.54) is 38.5 Å². The first-order chi connectivity index (χ1) is 32.2. The van der Waals surface area contributed by atoms with Crippen molar-refractivity contribution in [1.29, 1.82) is 0 Å². The molecule has 0 aromatic rings. The number of hydrogen-bond donors (Lipinski definition) is 2. The number of carbonyl (C=O) groups excluding carboxylic acids is 3. The van der Waals surface area contributed by atoms with Crippen LogP contribution in [0.4, 0.5) is 0 Å². The standard InChI is InChI=1S/C54H95O11P/c1-4-7-10-13-16-19-22-24-25-27-29-31-34-37-40-43-52(56)61-47-51(65-54(58)45-42-39-36-33-30-26-23-20-17-14-11-8-5-2)49-63-66(59,60)62-48-50(46-55)64-53(57)44-41-38-35-32-28-21-18-15-12-9-6-3/h7,10,15-16,18-20,23-25,50-51,55H,4-6,8-9,11-14,17,21-22,26-49H2,1-3H3,(H,59,60)/b10-7-,18-15-,19-16-,23-20-,25-24-. The molecule has 0 amide bonds. The van der Waals surface area contributed by atoms with Crippen LogP contribution < -0.4 is 0 Å². The predicted octanol–water partition coefficient (Wildman–Crippen LogP) is 14.8. The normalized spacial score (nSPS) is 14.0. The van der Waals surface area contributed by atoms with E-state index < -0.39 is 57.8 Å². The predicted molar refractivity (Wildman–Crippen MR) is 270 cm³/mol. The van der Waals surface area contributed by atoms with Gasteiger partial charge in [0.15, 0.2) is 6.10 Å². The van der Waals surface area contributed by atoms with E-state index in [0.717, 1.165) is 128 Å². The maximum Gasteiger partial charge on any atom is 0.472 e. The van der Waals surface area contributed by atoms with Gasteiger partial charge in [0.1, 0.15) is 12.7 Å². The van der Waals surface area contributed by atoms with Gasteiger partial charge in [-0.15, -0.1) is 0 Å². The largest absolute Gasteiger partial charge is 0.472 e. The van der Waals surface area contributed by atoms with Gasteiger partial charge < -0.3 is 24.2 Å². The zero-order valence-electron chi connectivity index (χ0n) is 41.9. The summed E-state index contributed by atoms with van der Waals surface area (Å²) in [5.41, 5.74) is 0. The molecule has 2 N–H and O–H groups in total. The minimum Gasteiger partial charge on any atom is -0.462 e. The van der Waals surface area contributed by atoms with Crippen molar-refractivity contribution in [1.82, 2.24) is 0 Å². The number of aliphatic hydroxyl groups is 1. The molecular weight excluding hydrogens is 856 g/mol. The van der Waals surface area contributed by atoms with E-state index in [1.54, 1.807) is 0 Å². The number of hydrogen-bond acceptors (Lipinski definition) is 10. The van der Waals surface area contributed by atoms with Crippen molar-refractivity contribution < 1.29 is 52.2 Å². The van der Waals surface area contributed by atoms with Crippen LogP contribution in [0, 0.1) is 0 Å². The summed E-state index contributed by atoms with van der Waals surface area (Å²) in [4.78, 5) is 48.3. The molecule has 0 fully saturated rings. The molecule has 0 aliphatic heterocycles. The monoisotopic (exact) mass is 951 g/mol. The number of rotatable bonds is 48. The van der Waals surface area contributed by atoms with Crippen molar-refractivity contribution in [2.45, 2.75) is 238 Å². The fraction of sp³-hybridized carbons (Fsp3) is 0.759. The molecule has 0 saturated carbocycles. The van der Waals surface area contributed by atoms with Gasteiger partial charge in [-0.1, -0.05) is 171 Å². The Hall–Kier alpha value is -2.82. The van der Waals surface area contributed by atoms with Gasteiger partial charge in [-0.2, -0.15) is 0 Å². The van der Waals surface area contributed by atoms with Crippen LogP contribution in [0.1, 0.15) is 226 Å². The zero-order chi connectivity index (χ0) is 48.4. The molecule has 0 spiro atoms. The lowest BCUT2D eigenvalue weighted by atomic mass is 10.1. The highest BCUT2D eigenvalue weighted by Crippen LogP contribution is 2.43. The number of esters is 3. The SMILES string of the molecule is CC/C=C\C/C=C\C/C=C\CCCCCCCC(=O)OCC(COP(=O)(O)OCC(CO)OC(=O)CCCCCCC/C=C\CCCC)OC(=O)CCCCCCC/C=C\CCCCCC. The van der Waals surface area contributed by atoms with Gasteiger partial charge in [0.2, 0.25) is 0 Å². The molecule has 0 heterocycles. The van der Waals surface area contributed by atoms with E-state index in [1.807, 2.05) is 0 Å². The highest BCUT2D eigenvalue weighted by Gasteiger charge is 2.28. The fourth-order valence-corrected chi connectivity index (χ4v) is 7.66. The molecule has 0 radical (unpaired) electrons. The molecule has 0 rings (SSSR count). The van der Waals surface area contributed by atoms with Crippen molar-refractivity contribution in [3.8, 4) is 0 Å². The summed E-state index contributed by atoms with van der Waals surface area (Å²) >= 11 is 0.